The maximum Gasteiger partial charge on any atom is 0.338 e. The number of carboxylic acid groups (broad SMARTS) is 1. The fraction of sp³-hybridized carbons (Fsp3) is 0.462. The third-order valence-corrected chi connectivity index (χ3v) is 4.88. The number of fused-ring (bicyclic) bond motifs is 1. The Hall–Kier alpha value is -1.60. The Morgan fingerprint density at radius 3 is 2.90 bits per heavy atom. The molecule has 3 rings (SSSR count). The minimum absolute atomic E-state index is 0.252. The van der Waals surface area contributed by atoms with Crippen molar-refractivity contribution in [1.29, 1.82) is 0 Å². The van der Waals surface area contributed by atoms with Crippen molar-refractivity contribution in [2.24, 2.45) is 7.05 Å². The third kappa shape index (κ3) is 2.38. The third-order valence-electron chi connectivity index (χ3n) is 3.40. The lowest BCUT2D eigenvalue weighted by Gasteiger charge is -2.22. The van der Waals surface area contributed by atoms with Crippen molar-refractivity contribution in [2.75, 3.05) is 13.2 Å². The second kappa shape index (κ2) is 5.41. The molecule has 3 heterocycles. The number of rotatable bonds is 3. The fourth-order valence-corrected chi connectivity index (χ4v) is 3.61. The predicted molar refractivity (Wildman–Crippen MR) is 75.2 cm³/mol. The van der Waals surface area contributed by atoms with Gasteiger partial charge in [0.15, 0.2) is 5.65 Å². The molecule has 1 N–H and O–H groups in total. The van der Waals surface area contributed by atoms with E-state index in [1.807, 2.05) is 0 Å². The summed E-state index contributed by atoms with van der Waals surface area (Å²) in [6.45, 7) is 1.47. The first-order chi connectivity index (χ1) is 9.66. The number of carbonyl (C=O) groups is 1. The zero-order chi connectivity index (χ0) is 14.1. The first-order valence-corrected chi connectivity index (χ1v) is 7.33. The lowest BCUT2D eigenvalue weighted by atomic mass is 10.2. The predicted octanol–water partition coefficient (Wildman–Crippen LogP) is 1.94. The molecule has 2 aromatic rings. The van der Waals surface area contributed by atoms with E-state index in [9.17, 15) is 9.90 Å². The van der Waals surface area contributed by atoms with Crippen LogP contribution >= 0.6 is 11.8 Å². The maximum absolute atomic E-state index is 11.4. The van der Waals surface area contributed by atoms with Crippen LogP contribution in [0.15, 0.2) is 17.3 Å². The summed E-state index contributed by atoms with van der Waals surface area (Å²) in [5, 5.41) is 14.7. The SMILES string of the molecule is Cn1ncc2c(SC3CCOCC3)c(C(=O)O)cnc21. The number of hydrogen-bond donors (Lipinski definition) is 1. The molecule has 0 atom stereocenters. The lowest BCUT2D eigenvalue weighted by Crippen LogP contribution is -2.18. The molecular formula is C13H15N3O3S. The van der Waals surface area contributed by atoms with E-state index >= 15 is 0 Å². The number of aromatic nitrogens is 3. The average molecular weight is 293 g/mol. The standard InChI is InChI=1S/C13H15N3O3S/c1-16-12-9(7-15-16)11(10(6-14-12)13(17)18)20-8-2-4-19-5-3-8/h6-8H,2-5H2,1H3,(H,17,18). The van der Waals surface area contributed by atoms with Gasteiger partial charge in [-0.3, -0.25) is 4.68 Å². The van der Waals surface area contributed by atoms with Crippen molar-refractivity contribution in [2.45, 2.75) is 23.0 Å². The summed E-state index contributed by atoms with van der Waals surface area (Å²) in [4.78, 5) is 16.4. The normalized spacial score (nSPS) is 16.6. The van der Waals surface area contributed by atoms with Crippen molar-refractivity contribution in [3.63, 3.8) is 0 Å². The van der Waals surface area contributed by atoms with E-state index in [4.69, 9.17) is 4.74 Å². The smallest absolute Gasteiger partial charge is 0.338 e. The summed E-state index contributed by atoms with van der Waals surface area (Å²) in [6, 6.07) is 0. The maximum atomic E-state index is 11.4. The second-order valence-corrected chi connectivity index (χ2v) is 6.05. The van der Waals surface area contributed by atoms with Crippen LogP contribution in [0.2, 0.25) is 0 Å². The molecule has 1 fully saturated rings. The molecule has 1 aliphatic heterocycles. The Balaban J connectivity index is 2.04. The van der Waals surface area contributed by atoms with Gasteiger partial charge in [0.05, 0.1) is 17.1 Å². The van der Waals surface area contributed by atoms with Gasteiger partial charge < -0.3 is 9.84 Å². The molecule has 7 heteroatoms. The molecule has 6 nitrogen and oxygen atoms in total. The summed E-state index contributed by atoms with van der Waals surface area (Å²) in [5.74, 6) is -0.946. The summed E-state index contributed by atoms with van der Waals surface area (Å²) < 4.78 is 7.01. The summed E-state index contributed by atoms with van der Waals surface area (Å²) >= 11 is 1.61. The van der Waals surface area contributed by atoms with Gasteiger partial charge in [-0.2, -0.15) is 5.10 Å². The van der Waals surface area contributed by atoms with E-state index in [2.05, 4.69) is 10.1 Å². The first-order valence-electron chi connectivity index (χ1n) is 6.45. The van der Waals surface area contributed by atoms with E-state index in [1.165, 1.54) is 6.20 Å². The van der Waals surface area contributed by atoms with Gasteiger partial charge in [-0.15, -0.1) is 11.8 Å². The van der Waals surface area contributed by atoms with Crippen molar-refractivity contribution in [1.82, 2.24) is 14.8 Å². The molecule has 2 aromatic heterocycles. The number of carboxylic acids is 1. The molecule has 1 aliphatic rings. The highest BCUT2D eigenvalue weighted by atomic mass is 32.2. The zero-order valence-electron chi connectivity index (χ0n) is 11.1. The van der Waals surface area contributed by atoms with Crippen LogP contribution < -0.4 is 0 Å². The molecule has 0 spiro atoms. The average Bonchev–Trinajstić information content (AvgIpc) is 2.82. The molecule has 0 unspecified atom stereocenters. The van der Waals surface area contributed by atoms with Gasteiger partial charge in [0, 0.05) is 36.6 Å². The fourth-order valence-electron chi connectivity index (χ4n) is 2.31. The largest absolute Gasteiger partial charge is 0.478 e. The van der Waals surface area contributed by atoms with Crippen molar-refractivity contribution >= 4 is 28.8 Å². The summed E-state index contributed by atoms with van der Waals surface area (Å²) in [6.07, 6.45) is 4.99. The molecule has 0 amide bonds. The highest BCUT2D eigenvalue weighted by molar-refractivity contribution is 8.00. The van der Waals surface area contributed by atoms with E-state index in [0.717, 1.165) is 36.3 Å². The minimum Gasteiger partial charge on any atom is -0.478 e. The highest BCUT2D eigenvalue weighted by Crippen LogP contribution is 2.36. The van der Waals surface area contributed by atoms with E-state index < -0.39 is 5.97 Å². The van der Waals surface area contributed by atoms with Gasteiger partial charge in [-0.05, 0) is 12.8 Å². The number of nitrogens with zero attached hydrogens (tertiary/aromatic N) is 3. The Morgan fingerprint density at radius 1 is 1.45 bits per heavy atom. The van der Waals surface area contributed by atoms with E-state index in [1.54, 1.807) is 29.7 Å². The molecule has 0 aromatic carbocycles. The van der Waals surface area contributed by atoms with Gasteiger partial charge in [0.25, 0.3) is 0 Å². The number of ether oxygens (including phenoxy) is 1. The van der Waals surface area contributed by atoms with Crippen LogP contribution in [0.1, 0.15) is 23.2 Å². The molecule has 0 aliphatic carbocycles. The Kier molecular flexibility index (Phi) is 3.62. The van der Waals surface area contributed by atoms with Gasteiger partial charge in [0.2, 0.25) is 0 Å². The quantitative estimate of drug-likeness (QED) is 0.932. The van der Waals surface area contributed by atoms with Gasteiger partial charge >= 0.3 is 5.97 Å². The van der Waals surface area contributed by atoms with Crippen LogP contribution in [0.4, 0.5) is 0 Å². The van der Waals surface area contributed by atoms with Crippen LogP contribution in [0.5, 0.6) is 0 Å². The lowest BCUT2D eigenvalue weighted by molar-refractivity contribution is 0.0693. The summed E-state index contributed by atoms with van der Waals surface area (Å²) in [5.41, 5.74) is 0.964. The number of aromatic carboxylic acids is 1. The van der Waals surface area contributed by atoms with Crippen molar-refractivity contribution in [3.05, 3.63) is 18.0 Å². The first kappa shape index (κ1) is 13.4. The minimum atomic E-state index is -0.946. The van der Waals surface area contributed by atoms with Crippen LogP contribution in [0, 0.1) is 0 Å². The molecule has 0 bridgehead atoms. The Morgan fingerprint density at radius 2 is 2.20 bits per heavy atom. The van der Waals surface area contributed by atoms with E-state index in [0.29, 0.717) is 10.9 Å². The number of hydrogen-bond acceptors (Lipinski definition) is 5. The van der Waals surface area contributed by atoms with Crippen LogP contribution in [0.3, 0.4) is 0 Å². The topological polar surface area (TPSA) is 77.2 Å². The highest BCUT2D eigenvalue weighted by Gasteiger charge is 2.22. The van der Waals surface area contributed by atoms with Crippen molar-refractivity contribution in [3.8, 4) is 0 Å². The Labute approximate surface area is 120 Å². The summed E-state index contributed by atoms with van der Waals surface area (Å²) in [7, 11) is 1.80. The molecule has 20 heavy (non-hydrogen) atoms. The molecular weight excluding hydrogens is 278 g/mol. The van der Waals surface area contributed by atoms with Crippen LogP contribution in [0.25, 0.3) is 11.0 Å². The van der Waals surface area contributed by atoms with Gasteiger partial charge in [-0.1, -0.05) is 0 Å². The Bertz CT molecular complexity index is 650. The van der Waals surface area contributed by atoms with Crippen molar-refractivity contribution < 1.29 is 14.6 Å². The molecule has 0 saturated carbocycles. The van der Waals surface area contributed by atoms with Crippen LogP contribution in [-0.4, -0.2) is 44.3 Å². The number of aryl methyl sites for hydroxylation is 1. The van der Waals surface area contributed by atoms with Gasteiger partial charge in [0.1, 0.15) is 0 Å². The monoisotopic (exact) mass is 293 g/mol. The van der Waals surface area contributed by atoms with E-state index in [-0.39, 0.29) is 5.56 Å². The number of pyridine rings is 1. The second-order valence-electron chi connectivity index (χ2n) is 4.74. The number of thioether (sulfide) groups is 1. The zero-order valence-corrected chi connectivity index (χ0v) is 11.9. The molecule has 1 saturated heterocycles. The van der Waals surface area contributed by atoms with Gasteiger partial charge in [-0.25, -0.2) is 9.78 Å². The molecule has 106 valence electrons. The molecule has 0 radical (unpaired) electrons. The van der Waals surface area contributed by atoms with Crippen LogP contribution in [-0.2, 0) is 11.8 Å².